The van der Waals surface area contributed by atoms with Crippen molar-refractivity contribution in [1.82, 2.24) is 4.90 Å². The van der Waals surface area contributed by atoms with Gasteiger partial charge in [0, 0.05) is 11.6 Å². The maximum atomic E-state index is 12.5. The fraction of sp³-hybridized carbons (Fsp3) is 0.333. The molecule has 2 rings (SSSR count). The first-order valence-electron chi connectivity index (χ1n) is 8.66. The minimum Gasteiger partial charge on any atom is -0.490 e. The van der Waals surface area contributed by atoms with Gasteiger partial charge in [0.1, 0.15) is 6.61 Å². The van der Waals surface area contributed by atoms with Crippen molar-refractivity contribution >= 4 is 29.0 Å². The molecule has 1 heterocycles. The summed E-state index contributed by atoms with van der Waals surface area (Å²) in [7, 11) is 0. The van der Waals surface area contributed by atoms with Crippen molar-refractivity contribution in [2.45, 2.75) is 33.2 Å². The van der Waals surface area contributed by atoms with Gasteiger partial charge in [-0.2, -0.15) is 0 Å². The lowest BCUT2D eigenvalue weighted by molar-refractivity contribution is -0.123. The van der Waals surface area contributed by atoms with Gasteiger partial charge in [0.05, 0.1) is 11.5 Å². The summed E-state index contributed by atoms with van der Waals surface area (Å²) in [6.45, 7) is 9.85. The number of terminal acetylenes is 1. The number of hydrogen-bond acceptors (Lipinski definition) is 5. The van der Waals surface area contributed by atoms with E-state index < -0.39 is 0 Å². The lowest BCUT2D eigenvalue weighted by atomic mass is 10.0. The third-order valence-corrected chi connectivity index (χ3v) is 4.64. The molecular formula is C21H23NO4S. The molecular weight excluding hydrogens is 362 g/mol. The molecule has 0 saturated carbocycles. The number of hydrogen-bond donors (Lipinski definition) is 0. The molecule has 0 atom stereocenters. The van der Waals surface area contributed by atoms with Crippen molar-refractivity contribution in [1.29, 1.82) is 0 Å². The number of thioether (sulfide) groups is 1. The quantitative estimate of drug-likeness (QED) is 0.380. The Morgan fingerprint density at radius 2 is 2.07 bits per heavy atom. The number of carbonyl (C=O) groups is 2. The van der Waals surface area contributed by atoms with Gasteiger partial charge in [-0.3, -0.25) is 14.5 Å². The Morgan fingerprint density at radius 3 is 2.63 bits per heavy atom. The Labute approximate surface area is 164 Å². The molecule has 0 radical (unpaired) electrons. The minimum atomic E-state index is -0.282. The summed E-state index contributed by atoms with van der Waals surface area (Å²) in [6.07, 6.45) is 9.31. The van der Waals surface area contributed by atoms with Crippen molar-refractivity contribution in [2.75, 3.05) is 13.2 Å². The van der Waals surface area contributed by atoms with E-state index in [1.54, 1.807) is 18.2 Å². The first kappa shape index (κ1) is 20.7. The number of allylic oxidation sites excluding steroid dienone is 1. The van der Waals surface area contributed by atoms with Gasteiger partial charge in [-0.25, -0.2) is 0 Å². The van der Waals surface area contributed by atoms with E-state index in [0.717, 1.165) is 22.9 Å². The molecule has 0 aliphatic carbocycles. The van der Waals surface area contributed by atoms with E-state index in [-0.39, 0.29) is 23.8 Å². The predicted molar refractivity (Wildman–Crippen MR) is 109 cm³/mol. The van der Waals surface area contributed by atoms with Crippen LogP contribution in [0.15, 0.2) is 29.7 Å². The van der Waals surface area contributed by atoms with Gasteiger partial charge >= 0.3 is 0 Å². The molecule has 0 N–H and O–H groups in total. The van der Waals surface area contributed by atoms with Crippen molar-refractivity contribution in [3.05, 3.63) is 40.8 Å². The topological polar surface area (TPSA) is 55.8 Å². The molecule has 0 aromatic heterocycles. The normalized spacial score (nSPS) is 15.4. The zero-order valence-corrected chi connectivity index (χ0v) is 16.6. The Hall–Kier alpha value is -2.65. The third-order valence-electron chi connectivity index (χ3n) is 3.76. The van der Waals surface area contributed by atoms with E-state index >= 15 is 0 Å². The van der Waals surface area contributed by atoms with Crippen LogP contribution < -0.4 is 9.47 Å². The number of rotatable bonds is 8. The van der Waals surface area contributed by atoms with E-state index in [4.69, 9.17) is 15.9 Å². The molecule has 2 amide bonds. The van der Waals surface area contributed by atoms with Crippen LogP contribution in [0.25, 0.3) is 6.08 Å². The smallest absolute Gasteiger partial charge is 0.293 e. The van der Waals surface area contributed by atoms with Crippen LogP contribution in [0, 0.1) is 12.3 Å². The van der Waals surface area contributed by atoms with Crippen LogP contribution >= 0.6 is 11.8 Å². The highest BCUT2D eigenvalue weighted by Crippen LogP contribution is 2.37. The minimum absolute atomic E-state index is 0.122. The summed E-state index contributed by atoms with van der Waals surface area (Å²) in [5.41, 5.74) is 1.60. The van der Waals surface area contributed by atoms with E-state index in [1.165, 1.54) is 4.90 Å². The predicted octanol–water partition coefficient (Wildman–Crippen LogP) is 4.27. The zero-order valence-electron chi connectivity index (χ0n) is 15.8. The number of carbonyl (C=O) groups excluding carboxylic acids is 2. The summed E-state index contributed by atoms with van der Waals surface area (Å²) in [5, 5.41) is -0.258. The zero-order chi connectivity index (χ0) is 20.0. The highest BCUT2D eigenvalue weighted by molar-refractivity contribution is 8.18. The van der Waals surface area contributed by atoms with E-state index in [1.807, 2.05) is 26.8 Å². The fourth-order valence-electron chi connectivity index (χ4n) is 2.69. The molecule has 0 unspecified atom stereocenters. The first-order chi connectivity index (χ1) is 12.9. The monoisotopic (exact) mass is 385 g/mol. The molecule has 0 spiro atoms. The molecule has 1 fully saturated rings. The number of imide groups is 1. The average molecular weight is 385 g/mol. The second kappa shape index (κ2) is 9.33. The van der Waals surface area contributed by atoms with Crippen molar-refractivity contribution < 1.29 is 19.1 Å². The van der Waals surface area contributed by atoms with Gasteiger partial charge < -0.3 is 9.47 Å². The molecule has 27 heavy (non-hydrogen) atoms. The fourth-order valence-corrected chi connectivity index (χ4v) is 3.65. The molecule has 1 aromatic rings. The van der Waals surface area contributed by atoms with Crippen LogP contribution in [0.1, 0.15) is 31.9 Å². The van der Waals surface area contributed by atoms with Crippen molar-refractivity contribution in [3.8, 4) is 23.8 Å². The number of nitrogens with zero attached hydrogens (tertiary/aromatic N) is 1. The number of ether oxygens (including phenoxy) is 2. The van der Waals surface area contributed by atoms with Crippen LogP contribution in [0.5, 0.6) is 11.5 Å². The van der Waals surface area contributed by atoms with Gasteiger partial charge in [-0.1, -0.05) is 12.0 Å². The summed E-state index contributed by atoms with van der Waals surface area (Å²) >= 11 is 0.941. The second-order valence-electron chi connectivity index (χ2n) is 6.07. The standard InChI is InChI=1S/C21H23NO4S/c1-6-9-16-11-15(12-17(25-8-3)19(16)26-10-7-2)13-18-20(23)22(14(4)5)21(24)27-18/h2,6,11-14H,1,8-10H2,3-5H3/b18-13+. The largest absolute Gasteiger partial charge is 0.490 e. The molecule has 0 bridgehead atoms. The van der Waals surface area contributed by atoms with Crippen molar-refractivity contribution in [3.63, 3.8) is 0 Å². The Morgan fingerprint density at radius 1 is 1.33 bits per heavy atom. The summed E-state index contributed by atoms with van der Waals surface area (Å²) in [6, 6.07) is 3.49. The molecule has 1 aliphatic rings. The van der Waals surface area contributed by atoms with E-state index in [2.05, 4.69) is 12.5 Å². The number of benzene rings is 1. The van der Waals surface area contributed by atoms with E-state index in [9.17, 15) is 9.59 Å². The van der Waals surface area contributed by atoms with Crippen LogP contribution in [0.4, 0.5) is 4.79 Å². The summed E-state index contributed by atoms with van der Waals surface area (Å²) < 4.78 is 11.4. The van der Waals surface area contributed by atoms with Crippen molar-refractivity contribution in [2.24, 2.45) is 0 Å². The molecule has 6 heteroatoms. The molecule has 1 saturated heterocycles. The SMILES string of the molecule is C#CCOc1c(CC=C)cc(/C=C2/SC(=O)N(C(C)C)C2=O)cc1OCC. The lowest BCUT2D eigenvalue weighted by Crippen LogP contribution is -2.34. The Balaban J connectivity index is 2.48. The summed E-state index contributed by atoms with van der Waals surface area (Å²) in [4.78, 5) is 26.2. The van der Waals surface area contributed by atoms with Crippen LogP contribution in [0.3, 0.4) is 0 Å². The third kappa shape index (κ3) is 4.75. The van der Waals surface area contributed by atoms with Gasteiger partial charge in [-0.15, -0.1) is 13.0 Å². The Bertz CT molecular complexity index is 820. The molecule has 5 nitrogen and oxygen atoms in total. The highest BCUT2D eigenvalue weighted by atomic mass is 32.2. The molecule has 1 aliphatic heterocycles. The Kier molecular flexibility index (Phi) is 7.14. The number of amides is 2. The van der Waals surface area contributed by atoms with Crippen LogP contribution in [0.2, 0.25) is 0 Å². The lowest BCUT2D eigenvalue weighted by Gasteiger charge is -2.16. The van der Waals surface area contributed by atoms with E-state index in [0.29, 0.717) is 29.4 Å². The maximum Gasteiger partial charge on any atom is 0.293 e. The van der Waals surface area contributed by atoms with Crippen LogP contribution in [-0.2, 0) is 11.2 Å². The van der Waals surface area contributed by atoms with Gasteiger partial charge in [0.25, 0.3) is 11.1 Å². The van der Waals surface area contributed by atoms with Gasteiger partial charge in [-0.05, 0) is 62.7 Å². The maximum absolute atomic E-state index is 12.5. The van der Waals surface area contributed by atoms with Gasteiger partial charge in [0.2, 0.25) is 0 Å². The average Bonchev–Trinajstić information content (AvgIpc) is 2.88. The molecule has 142 valence electrons. The summed E-state index contributed by atoms with van der Waals surface area (Å²) in [5.74, 6) is 3.28. The van der Waals surface area contributed by atoms with Crippen LogP contribution in [-0.4, -0.2) is 35.3 Å². The molecule has 1 aromatic carbocycles. The van der Waals surface area contributed by atoms with Gasteiger partial charge in [0.15, 0.2) is 11.5 Å². The first-order valence-corrected chi connectivity index (χ1v) is 9.48. The second-order valence-corrected chi connectivity index (χ2v) is 7.06. The highest BCUT2D eigenvalue weighted by Gasteiger charge is 2.36.